The van der Waals surface area contributed by atoms with E-state index in [1.165, 1.54) is 6.07 Å². The van der Waals surface area contributed by atoms with Gasteiger partial charge < -0.3 is 16.0 Å². The second kappa shape index (κ2) is 8.10. The maximum atomic E-state index is 13.5. The zero-order valence-electron chi connectivity index (χ0n) is 13.7. The van der Waals surface area contributed by atoms with Crippen LogP contribution in [0, 0.1) is 12.7 Å². The lowest BCUT2D eigenvalue weighted by atomic mass is 10.1. The summed E-state index contributed by atoms with van der Waals surface area (Å²) >= 11 is 0. The third kappa shape index (κ3) is 4.55. The fraction of sp³-hybridized carbons (Fsp3) is 0.222. The van der Waals surface area contributed by atoms with Crippen molar-refractivity contribution < 1.29 is 14.0 Å². The van der Waals surface area contributed by atoms with Crippen molar-refractivity contribution in [2.75, 3.05) is 22.5 Å². The van der Waals surface area contributed by atoms with Gasteiger partial charge in [-0.15, -0.1) is 0 Å². The minimum absolute atomic E-state index is 0.0636. The average Bonchev–Trinajstić information content (AvgIpc) is 2.57. The van der Waals surface area contributed by atoms with E-state index in [0.717, 1.165) is 5.56 Å². The van der Waals surface area contributed by atoms with Gasteiger partial charge >= 0.3 is 0 Å². The van der Waals surface area contributed by atoms with Gasteiger partial charge in [0.05, 0.1) is 12.2 Å². The molecule has 2 rings (SSSR count). The molecule has 0 saturated carbocycles. The van der Waals surface area contributed by atoms with E-state index in [4.69, 9.17) is 0 Å². The number of nitrogens with one attached hydrogen (secondary N) is 3. The van der Waals surface area contributed by atoms with Crippen molar-refractivity contribution in [2.45, 2.75) is 20.3 Å². The van der Waals surface area contributed by atoms with Crippen molar-refractivity contribution in [1.82, 2.24) is 0 Å². The molecule has 0 unspecified atom stereocenters. The number of hydrogen-bond acceptors (Lipinski definition) is 3. The first-order chi connectivity index (χ1) is 11.5. The van der Waals surface area contributed by atoms with Gasteiger partial charge in [-0.05, 0) is 36.8 Å². The SMILES string of the molecule is CCC(=O)Nc1cccc(NC(=O)CNc2ccccc2F)c1C. The van der Waals surface area contributed by atoms with Crippen LogP contribution in [-0.4, -0.2) is 18.4 Å². The number of benzene rings is 2. The Hall–Kier alpha value is -2.89. The first-order valence-corrected chi connectivity index (χ1v) is 7.69. The topological polar surface area (TPSA) is 70.2 Å². The summed E-state index contributed by atoms with van der Waals surface area (Å²) < 4.78 is 13.5. The molecule has 0 spiro atoms. The first-order valence-electron chi connectivity index (χ1n) is 7.69. The number of para-hydroxylation sites is 1. The second-order valence-corrected chi connectivity index (χ2v) is 5.26. The highest BCUT2D eigenvalue weighted by atomic mass is 19.1. The molecule has 2 aromatic rings. The van der Waals surface area contributed by atoms with Gasteiger partial charge in [0.1, 0.15) is 5.82 Å². The van der Waals surface area contributed by atoms with Crippen LogP contribution in [0.25, 0.3) is 0 Å². The fourth-order valence-electron chi connectivity index (χ4n) is 2.12. The Bertz CT molecular complexity index is 747. The Labute approximate surface area is 140 Å². The highest BCUT2D eigenvalue weighted by Crippen LogP contribution is 2.23. The zero-order valence-corrected chi connectivity index (χ0v) is 13.7. The molecule has 0 aliphatic carbocycles. The molecule has 6 heteroatoms. The average molecular weight is 329 g/mol. The van der Waals surface area contributed by atoms with Gasteiger partial charge in [-0.1, -0.05) is 25.1 Å². The normalized spacial score (nSPS) is 10.1. The number of hydrogen-bond donors (Lipinski definition) is 3. The van der Waals surface area contributed by atoms with Gasteiger partial charge in [0.2, 0.25) is 11.8 Å². The minimum atomic E-state index is -0.411. The number of rotatable bonds is 6. The smallest absolute Gasteiger partial charge is 0.243 e. The molecule has 2 amide bonds. The molecule has 3 N–H and O–H groups in total. The summed E-state index contributed by atoms with van der Waals surface area (Å²) in [6.07, 6.45) is 0.378. The number of carbonyl (C=O) groups excluding carboxylic acids is 2. The third-order valence-corrected chi connectivity index (χ3v) is 3.52. The lowest BCUT2D eigenvalue weighted by molar-refractivity contribution is -0.116. The van der Waals surface area contributed by atoms with E-state index in [9.17, 15) is 14.0 Å². The van der Waals surface area contributed by atoms with Crippen LogP contribution < -0.4 is 16.0 Å². The summed E-state index contributed by atoms with van der Waals surface area (Å²) in [4.78, 5) is 23.6. The van der Waals surface area contributed by atoms with E-state index >= 15 is 0 Å². The number of halogens is 1. The van der Waals surface area contributed by atoms with Crippen molar-refractivity contribution in [3.63, 3.8) is 0 Å². The molecule has 0 aliphatic rings. The predicted molar refractivity (Wildman–Crippen MR) is 93.6 cm³/mol. The molecule has 24 heavy (non-hydrogen) atoms. The molecule has 0 aromatic heterocycles. The summed E-state index contributed by atoms with van der Waals surface area (Å²) in [5.74, 6) is -0.811. The summed E-state index contributed by atoms with van der Waals surface area (Å²) in [5.41, 5.74) is 2.29. The van der Waals surface area contributed by atoms with Gasteiger partial charge in [-0.2, -0.15) is 0 Å². The molecular formula is C18H20FN3O2. The van der Waals surface area contributed by atoms with Crippen molar-refractivity contribution in [2.24, 2.45) is 0 Å². The largest absolute Gasteiger partial charge is 0.374 e. The van der Waals surface area contributed by atoms with E-state index in [2.05, 4.69) is 16.0 Å². The summed E-state index contributed by atoms with van der Waals surface area (Å²) in [5, 5.41) is 8.29. The first kappa shape index (κ1) is 17.5. The molecule has 0 saturated heterocycles. The van der Waals surface area contributed by atoms with Gasteiger partial charge in [-0.3, -0.25) is 9.59 Å². The number of amides is 2. The fourth-order valence-corrected chi connectivity index (χ4v) is 2.12. The molecular weight excluding hydrogens is 309 g/mol. The molecule has 5 nitrogen and oxygen atoms in total. The second-order valence-electron chi connectivity index (χ2n) is 5.26. The van der Waals surface area contributed by atoms with Gasteiger partial charge in [-0.25, -0.2) is 4.39 Å². The lowest BCUT2D eigenvalue weighted by Crippen LogP contribution is -2.23. The van der Waals surface area contributed by atoms with E-state index in [-0.39, 0.29) is 24.0 Å². The van der Waals surface area contributed by atoms with Crippen molar-refractivity contribution in [3.8, 4) is 0 Å². The maximum Gasteiger partial charge on any atom is 0.243 e. The van der Waals surface area contributed by atoms with Crippen LogP contribution in [0.1, 0.15) is 18.9 Å². The maximum absolute atomic E-state index is 13.5. The quantitative estimate of drug-likeness (QED) is 0.759. The van der Waals surface area contributed by atoms with Gasteiger partial charge in [0, 0.05) is 17.8 Å². The highest BCUT2D eigenvalue weighted by molar-refractivity contribution is 5.97. The van der Waals surface area contributed by atoms with Crippen LogP contribution >= 0.6 is 0 Å². The van der Waals surface area contributed by atoms with E-state index in [0.29, 0.717) is 17.8 Å². The van der Waals surface area contributed by atoms with Gasteiger partial charge in [0.25, 0.3) is 0 Å². The van der Waals surface area contributed by atoms with Crippen molar-refractivity contribution in [1.29, 1.82) is 0 Å². The Morgan fingerprint density at radius 1 is 0.917 bits per heavy atom. The number of anilines is 3. The predicted octanol–water partition coefficient (Wildman–Crippen LogP) is 3.53. The van der Waals surface area contributed by atoms with Crippen LogP contribution in [0.3, 0.4) is 0 Å². The molecule has 0 aliphatic heterocycles. The van der Waals surface area contributed by atoms with Crippen LogP contribution in [0.5, 0.6) is 0 Å². The van der Waals surface area contributed by atoms with Crippen LogP contribution in [0.2, 0.25) is 0 Å². The summed E-state index contributed by atoms with van der Waals surface area (Å²) in [6, 6.07) is 11.4. The lowest BCUT2D eigenvalue weighted by Gasteiger charge is -2.14. The molecule has 0 bridgehead atoms. The monoisotopic (exact) mass is 329 g/mol. The highest BCUT2D eigenvalue weighted by Gasteiger charge is 2.10. The van der Waals surface area contributed by atoms with Crippen LogP contribution in [-0.2, 0) is 9.59 Å². The van der Waals surface area contributed by atoms with E-state index in [1.807, 2.05) is 6.92 Å². The van der Waals surface area contributed by atoms with Crippen LogP contribution in [0.4, 0.5) is 21.5 Å². The molecule has 0 heterocycles. The van der Waals surface area contributed by atoms with Crippen molar-refractivity contribution in [3.05, 3.63) is 53.8 Å². The van der Waals surface area contributed by atoms with Crippen molar-refractivity contribution >= 4 is 28.9 Å². The number of carbonyl (C=O) groups is 2. The van der Waals surface area contributed by atoms with E-state index in [1.54, 1.807) is 43.3 Å². The molecule has 126 valence electrons. The summed E-state index contributed by atoms with van der Waals surface area (Å²) in [6.45, 7) is 3.52. The van der Waals surface area contributed by atoms with Crippen LogP contribution in [0.15, 0.2) is 42.5 Å². The van der Waals surface area contributed by atoms with Gasteiger partial charge in [0.15, 0.2) is 0 Å². The molecule has 0 fully saturated rings. The standard InChI is InChI=1S/C18H20FN3O2/c1-3-17(23)21-14-9-6-10-15(12(14)2)22-18(24)11-20-16-8-5-4-7-13(16)19/h4-10,20H,3,11H2,1-2H3,(H,21,23)(H,22,24). The Kier molecular flexibility index (Phi) is 5.89. The molecule has 0 atom stereocenters. The molecule has 2 aromatic carbocycles. The minimum Gasteiger partial charge on any atom is -0.374 e. The zero-order chi connectivity index (χ0) is 17.5. The van der Waals surface area contributed by atoms with E-state index < -0.39 is 5.82 Å². The molecule has 0 radical (unpaired) electrons. The third-order valence-electron chi connectivity index (χ3n) is 3.52. The Morgan fingerprint density at radius 3 is 2.12 bits per heavy atom. The Balaban J connectivity index is 2.00. The summed E-state index contributed by atoms with van der Waals surface area (Å²) in [7, 11) is 0. The Morgan fingerprint density at radius 2 is 1.50 bits per heavy atom.